The van der Waals surface area contributed by atoms with Gasteiger partial charge in [0.2, 0.25) is 0 Å². The molecule has 0 amide bonds. The van der Waals surface area contributed by atoms with Gasteiger partial charge in [0.25, 0.3) is 0 Å². The van der Waals surface area contributed by atoms with Gasteiger partial charge in [0, 0.05) is 79.1 Å². The fraction of sp³-hybridized carbons (Fsp3) is 0.0833. The number of nitrogens with zero attached hydrogens (tertiary/aromatic N) is 2. The van der Waals surface area contributed by atoms with Crippen molar-refractivity contribution >= 4 is 124 Å². The minimum Gasteiger partial charge on any atom is -0.343 e. The second-order valence-electron chi connectivity index (χ2n) is 15.7. The third-order valence-electron chi connectivity index (χ3n) is 12.4. The minimum atomic E-state index is -1.02. The number of benzene rings is 4. The van der Waals surface area contributed by atoms with E-state index in [1.807, 2.05) is 26.2 Å². The lowest BCUT2D eigenvalue weighted by Gasteiger charge is -2.21. The average molecular weight is 833 g/mol. The van der Waals surface area contributed by atoms with Crippen LogP contribution in [-0.4, -0.2) is 32.3 Å². The molecule has 0 spiro atoms. The molecule has 0 bridgehead atoms. The Labute approximate surface area is 342 Å². The van der Waals surface area contributed by atoms with Crippen LogP contribution in [0.2, 0.25) is 0 Å². The third-order valence-corrected chi connectivity index (χ3v) is 14.6. The number of thiophene rings is 2. The van der Waals surface area contributed by atoms with E-state index in [4.69, 9.17) is 0 Å². The van der Waals surface area contributed by atoms with E-state index in [0.29, 0.717) is 21.5 Å². The summed E-state index contributed by atoms with van der Waals surface area (Å²) in [4.78, 5) is 55.4. The largest absolute Gasteiger partial charge is 0.343 e. The number of carbonyl (C=O) groups excluding carboxylic acids is 4. The molecule has 2 unspecified atom stereocenters. The number of fused-ring (bicyclic) bond motifs is 11. The molecule has 4 aliphatic rings. The van der Waals surface area contributed by atoms with Gasteiger partial charge in [-0.25, -0.2) is 17.6 Å². The second-order valence-corrected chi connectivity index (χ2v) is 17.9. The maximum atomic E-state index is 14.0. The first-order chi connectivity index (χ1) is 28.8. The molecule has 0 saturated heterocycles. The highest BCUT2D eigenvalue weighted by Gasteiger charge is 2.35. The minimum absolute atomic E-state index is 0.0129. The maximum absolute atomic E-state index is 14.0. The van der Waals surface area contributed by atoms with Crippen molar-refractivity contribution in [1.29, 1.82) is 0 Å². The summed E-state index contributed by atoms with van der Waals surface area (Å²) in [7, 11) is 3.98. The molecule has 4 aromatic heterocycles. The Hall–Kier alpha value is -6.76. The number of carbonyl (C=O) groups is 4. The number of hydrogen-bond donors (Lipinski definition) is 0. The first kappa shape index (κ1) is 35.2. The van der Waals surface area contributed by atoms with Crippen LogP contribution in [0, 0.1) is 35.1 Å². The van der Waals surface area contributed by atoms with Crippen LogP contribution in [0.15, 0.2) is 71.8 Å². The van der Waals surface area contributed by atoms with E-state index in [2.05, 4.69) is 33.4 Å². The number of aromatic nitrogens is 2. The highest BCUT2D eigenvalue weighted by Crippen LogP contribution is 2.37. The maximum Gasteiger partial charge on any atom is 0.197 e. The van der Waals surface area contributed by atoms with Gasteiger partial charge in [-0.3, -0.25) is 19.2 Å². The van der Waals surface area contributed by atoms with Crippen molar-refractivity contribution < 1.29 is 36.7 Å². The zero-order chi connectivity index (χ0) is 41.2. The molecule has 8 aromatic rings. The van der Waals surface area contributed by atoms with Crippen LogP contribution in [-0.2, 0) is 14.1 Å². The highest BCUT2D eigenvalue weighted by molar-refractivity contribution is 7.20. The monoisotopic (exact) mass is 832 g/mol. The van der Waals surface area contributed by atoms with Gasteiger partial charge >= 0.3 is 0 Å². The van der Waals surface area contributed by atoms with Gasteiger partial charge in [0.15, 0.2) is 46.4 Å². The average Bonchev–Trinajstić information content (AvgIpc) is 4.04. The first-order valence-electron chi connectivity index (χ1n) is 18.9. The van der Waals surface area contributed by atoms with Gasteiger partial charge in [-0.2, -0.15) is 0 Å². The van der Waals surface area contributed by atoms with Crippen LogP contribution in [0.5, 0.6) is 0 Å². The van der Waals surface area contributed by atoms with E-state index in [0.717, 1.165) is 75.6 Å². The molecule has 0 fully saturated rings. The Morgan fingerprint density at radius 3 is 1.10 bits per heavy atom. The summed E-state index contributed by atoms with van der Waals surface area (Å²) in [5.74, 6) is -5.80. The smallest absolute Gasteiger partial charge is 0.197 e. The lowest BCUT2D eigenvalue weighted by molar-refractivity contribution is 0.0975. The Balaban J connectivity index is 0.888. The molecule has 0 saturated carbocycles. The van der Waals surface area contributed by atoms with Crippen molar-refractivity contribution in [3.05, 3.63) is 148 Å². The molecule has 12 rings (SSSR count). The van der Waals surface area contributed by atoms with Crippen molar-refractivity contribution in [2.45, 2.75) is 0 Å². The Morgan fingerprint density at radius 1 is 0.467 bits per heavy atom. The van der Waals surface area contributed by atoms with Gasteiger partial charge in [0.05, 0.1) is 31.6 Å². The molecule has 290 valence electrons. The van der Waals surface area contributed by atoms with Crippen molar-refractivity contribution in [1.82, 2.24) is 9.13 Å². The quantitative estimate of drug-likeness (QED) is 0.102. The van der Waals surface area contributed by atoms with Gasteiger partial charge in [-0.1, -0.05) is 24.3 Å². The van der Waals surface area contributed by atoms with E-state index in [1.54, 1.807) is 12.2 Å². The lowest BCUT2D eigenvalue weighted by Crippen LogP contribution is -2.39. The summed E-state index contributed by atoms with van der Waals surface area (Å²) in [6.45, 7) is 0. The molecule has 12 heteroatoms. The Kier molecular flexibility index (Phi) is 7.00. The van der Waals surface area contributed by atoms with Crippen LogP contribution in [0.25, 0.3) is 78.4 Å². The molecule has 0 aliphatic heterocycles. The van der Waals surface area contributed by atoms with E-state index in [9.17, 15) is 36.7 Å². The first-order valence-corrected chi connectivity index (χ1v) is 20.6. The number of Topliss-reactive ketones (excluding diaryl/α,β-unsaturated/α-hetero) is 4. The fourth-order valence-corrected chi connectivity index (χ4v) is 11.7. The molecule has 4 aliphatic carbocycles. The predicted octanol–water partition coefficient (Wildman–Crippen LogP) is 7.66. The van der Waals surface area contributed by atoms with E-state index >= 15 is 0 Å². The summed E-state index contributed by atoms with van der Waals surface area (Å²) in [5, 5.41) is 5.60. The standard InChI is InChI=1S/C48H24F4N2O4S2/c1-53-39-13-23-8-32-40(54(2)42-18-26(60-48(32)42)16-34-45(57)29-5-21-11-37(51)38(52)12-22(21)6-30(29)46(34)58)14-24(23)7-31(39)47-41(53)17-25(59-47)15-33-43(55)27-3-19-9-35(49)36(50)10-20(19)4-28(27)44(33)56/h3-18,23-24H,1-2H3. The summed E-state index contributed by atoms with van der Waals surface area (Å²) >= 11 is 2.98. The third kappa shape index (κ3) is 4.74. The summed E-state index contributed by atoms with van der Waals surface area (Å²) < 4.78 is 62.1. The molecule has 4 aromatic carbocycles. The van der Waals surface area contributed by atoms with Crippen molar-refractivity contribution in [3.8, 4) is 0 Å². The lowest BCUT2D eigenvalue weighted by atomic mass is 9.84. The number of ketones is 4. The molecule has 2 atom stereocenters. The number of rotatable bonds is 2. The van der Waals surface area contributed by atoms with Crippen LogP contribution >= 0.6 is 22.7 Å². The summed E-state index contributed by atoms with van der Waals surface area (Å²) in [5.41, 5.74) is 2.63. The Bertz CT molecular complexity index is 3460. The topological polar surface area (TPSA) is 78.1 Å². The normalized spacial score (nSPS) is 17.8. The molecular formula is C48H24F4N2O4S2. The van der Waals surface area contributed by atoms with Gasteiger partial charge in [-0.05, 0) is 94.4 Å². The zero-order valence-electron chi connectivity index (χ0n) is 31.2. The fourth-order valence-electron chi connectivity index (χ4n) is 9.37. The predicted molar refractivity (Wildman–Crippen MR) is 226 cm³/mol. The van der Waals surface area contributed by atoms with Gasteiger partial charge in [0.1, 0.15) is 0 Å². The number of halogens is 4. The van der Waals surface area contributed by atoms with Crippen molar-refractivity contribution in [3.63, 3.8) is 0 Å². The van der Waals surface area contributed by atoms with Crippen LogP contribution in [0.3, 0.4) is 0 Å². The molecule has 0 radical (unpaired) electrons. The molecule has 6 nitrogen and oxygen atoms in total. The van der Waals surface area contributed by atoms with Crippen LogP contribution < -0.4 is 21.1 Å². The highest BCUT2D eigenvalue weighted by atomic mass is 32.1. The van der Waals surface area contributed by atoms with Gasteiger partial charge in [-0.15, -0.1) is 22.7 Å². The van der Waals surface area contributed by atoms with Crippen molar-refractivity contribution in [2.24, 2.45) is 25.9 Å². The molecule has 60 heavy (non-hydrogen) atoms. The summed E-state index contributed by atoms with van der Waals surface area (Å²) in [6, 6.07) is 13.8. The molecular weight excluding hydrogens is 809 g/mol. The number of aryl methyl sites for hydroxylation is 2. The van der Waals surface area contributed by atoms with Crippen LogP contribution in [0.4, 0.5) is 17.6 Å². The molecule has 4 heterocycles. The van der Waals surface area contributed by atoms with Crippen LogP contribution in [0.1, 0.15) is 51.2 Å². The van der Waals surface area contributed by atoms with Crippen molar-refractivity contribution in [2.75, 3.05) is 0 Å². The summed E-state index contributed by atoms with van der Waals surface area (Å²) in [6.07, 6.45) is 12.3. The van der Waals surface area contributed by atoms with E-state index in [1.165, 1.54) is 46.9 Å². The zero-order valence-corrected chi connectivity index (χ0v) is 32.9. The number of allylic oxidation sites excluding steroid dienone is 2. The molecule has 0 N–H and O–H groups in total. The SMILES string of the molecule is Cn1c2c(c3sc(C=C4C(=O)c5cc6cc(F)c(F)cc6cc5C4=O)cc31)=CC1C=c3c(c4sc(C=C5C(=O)c6cc7cc(F)c(F)cc7cc6C5=O)cc4n3C)=CC1C=2. The number of hydrogen-bond acceptors (Lipinski definition) is 6. The van der Waals surface area contributed by atoms with E-state index in [-0.39, 0.29) is 45.2 Å². The second kappa shape index (κ2) is 11.9. The Morgan fingerprint density at radius 2 is 0.783 bits per heavy atom. The van der Waals surface area contributed by atoms with E-state index < -0.39 is 46.4 Å². The van der Waals surface area contributed by atoms with Gasteiger partial charge < -0.3 is 9.13 Å².